The molecule has 0 spiro atoms. The molecule has 1 N–H and O–H groups in total. The van der Waals surface area contributed by atoms with Gasteiger partial charge in [0, 0.05) is 5.69 Å². The first-order chi connectivity index (χ1) is 10.7. The maximum Gasteiger partial charge on any atom is 0.409 e. The molecule has 7 heteroatoms. The van der Waals surface area contributed by atoms with Crippen molar-refractivity contribution in [1.82, 2.24) is 0 Å². The lowest BCUT2D eigenvalue weighted by Crippen LogP contribution is -2.42. The van der Waals surface area contributed by atoms with Gasteiger partial charge in [0.15, 0.2) is 9.84 Å². The number of para-hydroxylation sites is 1. The summed E-state index contributed by atoms with van der Waals surface area (Å²) in [5.41, 5.74) is 1.05. The van der Waals surface area contributed by atoms with Gasteiger partial charge in [0.05, 0.1) is 10.6 Å². The average molecular weight is 343 g/mol. The van der Waals surface area contributed by atoms with E-state index in [9.17, 15) is 21.6 Å². The van der Waals surface area contributed by atoms with Crippen LogP contribution in [0.25, 0.3) is 0 Å². The molecule has 2 rings (SSSR count). The molecular weight excluding hydrogens is 327 g/mol. The Balaban J connectivity index is 2.25. The van der Waals surface area contributed by atoms with Crippen molar-refractivity contribution in [3.05, 3.63) is 60.2 Å². The Bertz CT molecular complexity index is 741. The molecule has 0 radical (unpaired) electrons. The van der Waals surface area contributed by atoms with Crippen molar-refractivity contribution < 1.29 is 21.6 Å². The van der Waals surface area contributed by atoms with Crippen LogP contribution >= 0.6 is 0 Å². The molecule has 0 unspecified atom stereocenters. The van der Waals surface area contributed by atoms with Crippen LogP contribution in [0.15, 0.2) is 59.5 Å². The van der Waals surface area contributed by atoms with Crippen LogP contribution in [0, 0.1) is 6.92 Å². The lowest BCUT2D eigenvalue weighted by atomic mass is 10.2. The SMILES string of the molecule is Cc1ccc(S(=O)(=O)C[C@H](Nc2ccccc2)C(F)(F)F)cc1. The molecule has 0 bridgehead atoms. The van der Waals surface area contributed by atoms with Crippen molar-refractivity contribution in [3.8, 4) is 0 Å². The van der Waals surface area contributed by atoms with E-state index in [1.807, 2.05) is 0 Å². The number of aryl methyl sites for hydroxylation is 1. The third-order valence-electron chi connectivity index (χ3n) is 3.28. The van der Waals surface area contributed by atoms with Crippen molar-refractivity contribution >= 4 is 15.5 Å². The predicted octanol–water partition coefficient (Wildman–Crippen LogP) is 3.81. The van der Waals surface area contributed by atoms with E-state index in [2.05, 4.69) is 5.32 Å². The fourth-order valence-corrected chi connectivity index (χ4v) is 3.47. The van der Waals surface area contributed by atoms with Crippen molar-refractivity contribution in [2.45, 2.75) is 24.0 Å². The summed E-state index contributed by atoms with van der Waals surface area (Å²) in [6.45, 7) is 1.77. The summed E-state index contributed by atoms with van der Waals surface area (Å²) in [5.74, 6) is -1.06. The molecule has 0 saturated carbocycles. The first-order valence-corrected chi connectivity index (χ1v) is 8.51. The topological polar surface area (TPSA) is 46.2 Å². The number of hydrogen-bond acceptors (Lipinski definition) is 3. The standard InChI is InChI=1S/C16H16F3NO2S/c1-12-7-9-14(10-8-12)23(21,22)11-15(16(17,18)19)20-13-5-3-2-4-6-13/h2-10,15,20H,11H2,1H3/t15-/m0/s1. The molecule has 1 atom stereocenters. The molecule has 0 fully saturated rings. The second-order valence-corrected chi connectivity index (χ2v) is 7.23. The van der Waals surface area contributed by atoms with Crippen LogP contribution in [0.2, 0.25) is 0 Å². The van der Waals surface area contributed by atoms with Gasteiger partial charge < -0.3 is 5.32 Å². The van der Waals surface area contributed by atoms with E-state index in [0.29, 0.717) is 0 Å². The Labute approximate surface area is 133 Å². The zero-order valence-corrected chi connectivity index (χ0v) is 13.2. The number of halogens is 3. The fraction of sp³-hybridized carbons (Fsp3) is 0.250. The molecule has 0 aromatic heterocycles. The highest BCUT2D eigenvalue weighted by Crippen LogP contribution is 2.26. The first kappa shape index (κ1) is 17.3. The zero-order chi connectivity index (χ0) is 17.1. The second-order valence-electron chi connectivity index (χ2n) is 5.20. The van der Waals surface area contributed by atoms with Gasteiger partial charge in [0.2, 0.25) is 0 Å². The third kappa shape index (κ3) is 4.72. The minimum atomic E-state index is -4.69. The van der Waals surface area contributed by atoms with E-state index >= 15 is 0 Å². The minimum absolute atomic E-state index is 0.118. The van der Waals surface area contributed by atoms with E-state index in [4.69, 9.17) is 0 Å². The molecule has 23 heavy (non-hydrogen) atoms. The Hall–Kier alpha value is -2.02. The van der Waals surface area contributed by atoms with Crippen LogP contribution < -0.4 is 5.32 Å². The van der Waals surface area contributed by atoms with Crippen LogP contribution in [-0.2, 0) is 9.84 Å². The number of hydrogen-bond donors (Lipinski definition) is 1. The number of nitrogens with one attached hydrogen (secondary N) is 1. The molecule has 0 saturated heterocycles. The number of alkyl halides is 3. The van der Waals surface area contributed by atoms with Gasteiger partial charge >= 0.3 is 6.18 Å². The van der Waals surface area contributed by atoms with Crippen molar-refractivity contribution in [3.63, 3.8) is 0 Å². The molecule has 0 heterocycles. The molecule has 124 valence electrons. The highest BCUT2D eigenvalue weighted by molar-refractivity contribution is 7.91. The second kappa shape index (κ2) is 6.62. The molecular formula is C16H16F3NO2S. The van der Waals surface area contributed by atoms with E-state index in [1.54, 1.807) is 37.3 Å². The Morgan fingerprint density at radius 2 is 1.57 bits per heavy atom. The van der Waals surface area contributed by atoms with Gasteiger partial charge in [-0.3, -0.25) is 0 Å². The van der Waals surface area contributed by atoms with Crippen LogP contribution in [0.4, 0.5) is 18.9 Å². The Morgan fingerprint density at radius 1 is 1.00 bits per heavy atom. The fourth-order valence-electron chi connectivity index (χ4n) is 2.01. The van der Waals surface area contributed by atoms with E-state index in [0.717, 1.165) is 5.56 Å². The molecule has 0 aliphatic rings. The number of anilines is 1. The number of sulfone groups is 1. The van der Waals surface area contributed by atoms with Gasteiger partial charge in [-0.1, -0.05) is 35.9 Å². The zero-order valence-electron chi connectivity index (χ0n) is 12.3. The lowest BCUT2D eigenvalue weighted by molar-refractivity contribution is -0.137. The van der Waals surface area contributed by atoms with Gasteiger partial charge in [-0.15, -0.1) is 0 Å². The van der Waals surface area contributed by atoms with Crippen LogP contribution in [0.5, 0.6) is 0 Å². The number of benzene rings is 2. The monoisotopic (exact) mass is 343 g/mol. The normalized spacial score (nSPS) is 13.6. The van der Waals surface area contributed by atoms with Crippen molar-refractivity contribution in [2.75, 3.05) is 11.1 Å². The van der Waals surface area contributed by atoms with E-state index < -0.39 is 27.8 Å². The molecule has 2 aromatic rings. The highest BCUT2D eigenvalue weighted by atomic mass is 32.2. The minimum Gasteiger partial charge on any atom is -0.373 e. The molecule has 2 aromatic carbocycles. The van der Waals surface area contributed by atoms with Crippen molar-refractivity contribution in [2.24, 2.45) is 0 Å². The molecule has 0 amide bonds. The number of rotatable bonds is 5. The predicted molar refractivity (Wildman–Crippen MR) is 83.1 cm³/mol. The van der Waals surface area contributed by atoms with Crippen LogP contribution in [0.3, 0.4) is 0 Å². The summed E-state index contributed by atoms with van der Waals surface area (Å²) < 4.78 is 64.1. The summed E-state index contributed by atoms with van der Waals surface area (Å²) in [6.07, 6.45) is -4.69. The largest absolute Gasteiger partial charge is 0.409 e. The lowest BCUT2D eigenvalue weighted by Gasteiger charge is -2.22. The Morgan fingerprint density at radius 3 is 2.09 bits per heavy atom. The van der Waals surface area contributed by atoms with Gasteiger partial charge in [0.25, 0.3) is 0 Å². The van der Waals surface area contributed by atoms with Gasteiger partial charge in [0.1, 0.15) is 6.04 Å². The maximum absolute atomic E-state index is 13.2. The molecule has 3 nitrogen and oxygen atoms in total. The molecule has 0 aliphatic carbocycles. The summed E-state index contributed by atoms with van der Waals surface area (Å²) >= 11 is 0. The van der Waals surface area contributed by atoms with E-state index in [1.165, 1.54) is 24.3 Å². The van der Waals surface area contributed by atoms with Crippen molar-refractivity contribution in [1.29, 1.82) is 0 Å². The summed E-state index contributed by atoms with van der Waals surface area (Å²) in [7, 11) is -4.06. The van der Waals surface area contributed by atoms with Gasteiger partial charge in [-0.2, -0.15) is 13.2 Å². The summed E-state index contributed by atoms with van der Waals surface area (Å²) in [6, 6.07) is 11.3. The summed E-state index contributed by atoms with van der Waals surface area (Å²) in [4.78, 5) is -0.118. The van der Waals surface area contributed by atoms with Gasteiger partial charge in [-0.05, 0) is 31.2 Å². The first-order valence-electron chi connectivity index (χ1n) is 6.86. The van der Waals surface area contributed by atoms with Gasteiger partial charge in [-0.25, -0.2) is 8.42 Å². The maximum atomic E-state index is 13.2. The van der Waals surface area contributed by atoms with E-state index in [-0.39, 0.29) is 10.6 Å². The van der Waals surface area contributed by atoms with Crippen LogP contribution in [-0.4, -0.2) is 26.4 Å². The Kier molecular flexibility index (Phi) is 4.99. The highest BCUT2D eigenvalue weighted by Gasteiger charge is 2.42. The average Bonchev–Trinajstić information content (AvgIpc) is 2.47. The third-order valence-corrected chi connectivity index (χ3v) is 5.04. The molecule has 0 aliphatic heterocycles. The van der Waals surface area contributed by atoms with Crippen LogP contribution in [0.1, 0.15) is 5.56 Å². The summed E-state index contributed by atoms with van der Waals surface area (Å²) in [5, 5.41) is 2.25. The quantitative estimate of drug-likeness (QED) is 0.898. The smallest absolute Gasteiger partial charge is 0.373 e.